The molecule has 2 aromatic carbocycles. The Balaban J connectivity index is 1.60. The predicted octanol–water partition coefficient (Wildman–Crippen LogP) is 2.60. The van der Waals surface area contributed by atoms with Gasteiger partial charge in [-0.1, -0.05) is 60.7 Å². The molecule has 1 N–H and O–H groups in total. The summed E-state index contributed by atoms with van der Waals surface area (Å²) in [6, 6.07) is 16.7. The largest absolute Gasteiger partial charge is 0.306 e. The number of benzene rings is 2. The van der Waals surface area contributed by atoms with E-state index in [0.717, 1.165) is 22.4 Å². The van der Waals surface area contributed by atoms with E-state index in [0.29, 0.717) is 6.54 Å². The first-order valence-corrected chi connectivity index (χ1v) is 10.6. The van der Waals surface area contributed by atoms with Gasteiger partial charge in [-0.15, -0.1) is 0 Å². The molecule has 0 aromatic heterocycles. The van der Waals surface area contributed by atoms with Crippen LogP contribution >= 0.6 is 0 Å². The molecule has 6 heteroatoms. The standard InChI is InChI=1S/C25H25N3O3/c1-15(2)13-27-19-12-8-7-11-18(19)25(24(27)31)21-20(16(3)26-25)22(29)28(23(21)30)14-17-9-5-4-6-10-17/h4-12,16,20-21,26H,1,13-14H2,2-3H3/t16-,20+,21+,25+/m1/s1. The predicted molar refractivity (Wildman–Crippen MR) is 117 cm³/mol. The van der Waals surface area contributed by atoms with Crippen molar-refractivity contribution in [1.82, 2.24) is 10.2 Å². The van der Waals surface area contributed by atoms with Crippen molar-refractivity contribution in [2.24, 2.45) is 11.8 Å². The molecule has 158 valence electrons. The van der Waals surface area contributed by atoms with E-state index in [1.165, 1.54) is 4.90 Å². The van der Waals surface area contributed by atoms with Gasteiger partial charge in [0, 0.05) is 23.8 Å². The first-order chi connectivity index (χ1) is 14.9. The molecule has 31 heavy (non-hydrogen) atoms. The third-order valence-electron chi connectivity index (χ3n) is 6.72. The van der Waals surface area contributed by atoms with Crippen LogP contribution in [-0.2, 0) is 26.5 Å². The molecule has 2 aromatic rings. The molecule has 0 radical (unpaired) electrons. The van der Waals surface area contributed by atoms with Gasteiger partial charge in [0.15, 0.2) is 0 Å². The Hall–Kier alpha value is -3.25. The third-order valence-corrected chi connectivity index (χ3v) is 6.72. The van der Waals surface area contributed by atoms with Crippen LogP contribution in [0.2, 0.25) is 0 Å². The van der Waals surface area contributed by atoms with Gasteiger partial charge in [0.05, 0.1) is 18.4 Å². The monoisotopic (exact) mass is 415 g/mol. The molecule has 0 bridgehead atoms. The summed E-state index contributed by atoms with van der Waals surface area (Å²) < 4.78 is 0. The molecule has 1 spiro atoms. The second-order valence-electron chi connectivity index (χ2n) is 8.86. The number of nitrogens with one attached hydrogen (secondary N) is 1. The number of hydrogen-bond donors (Lipinski definition) is 1. The van der Waals surface area contributed by atoms with Crippen molar-refractivity contribution < 1.29 is 14.4 Å². The average molecular weight is 415 g/mol. The van der Waals surface area contributed by atoms with Crippen LogP contribution in [0, 0.1) is 11.8 Å². The molecule has 3 aliphatic rings. The Bertz CT molecular complexity index is 1110. The van der Waals surface area contributed by atoms with Crippen LogP contribution in [0.3, 0.4) is 0 Å². The van der Waals surface area contributed by atoms with Gasteiger partial charge in [0.1, 0.15) is 5.54 Å². The zero-order chi connectivity index (χ0) is 21.9. The summed E-state index contributed by atoms with van der Waals surface area (Å²) in [7, 11) is 0. The normalized spacial score (nSPS) is 29.1. The van der Waals surface area contributed by atoms with Crippen molar-refractivity contribution in [3.8, 4) is 0 Å². The van der Waals surface area contributed by atoms with E-state index in [9.17, 15) is 14.4 Å². The third kappa shape index (κ3) is 2.64. The Labute approximate surface area is 181 Å². The fourth-order valence-corrected chi connectivity index (χ4v) is 5.52. The zero-order valence-corrected chi connectivity index (χ0v) is 17.7. The van der Waals surface area contributed by atoms with Crippen molar-refractivity contribution >= 4 is 23.4 Å². The molecular weight excluding hydrogens is 390 g/mol. The first kappa shape index (κ1) is 19.7. The summed E-state index contributed by atoms with van der Waals surface area (Å²) in [6.45, 7) is 8.33. The van der Waals surface area contributed by atoms with Crippen LogP contribution in [0.15, 0.2) is 66.7 Å². The summed E-state index contributed by atoms with van der Waals surface area (Å²) in [4.78, 5) is 43.9. The fourth-order valence-electron chi connectivity index (χ4n) is 5.52. The number of hydrogen-bond acceptors (Lipinski definition) is 4. The van der Waals surface area contributed by atoms with Crippen LogP contribution in [-0.4, -0.2) is 35.2 Å². The number of amides is 3. The minimum absolute atomic E-state index is 0.182. The molecule has 5 rings (SSSR count). The Morgan fingerprint density at radius 2 is 1.68 bits per heavy atom. The fraction of sp³-hybridized carbons (Fsp3) is 0.320. The van der Waals surface area contributed by atoms with E-state index in [-0.39, 0.29) is 30.3 Å². The lowest BCUT2D eigenvalue weighted by molar-refractivity contribution is -0.143. The van der Waals surface area contributed by atoms with Crippen LogP contribution in [0.5, 0.6) is 0 Å². The number of carbonyl (C=O) groups is 3. The van der Waals surface area contributed by atoms with E-state index < -0.39 is 17.4 Å². The van der Waals surface area contributed by atoms with Crippen LogP contribution in [0.4, 0.5) is 5.69 Å². The molecule has 0 aliphatic carbocycles. The van der Waals surface area contributed by atoms with Gasteiger partial charge < -0.3 is 4.90 Å². The highest BCUT2D eigenvalue weighted by Crippen LogP contribution is 2.54. The summed E-state index contributed by atoms with van der Waals surface area (Å²) in [6.07, 6.45) is 0. The maximum atomic E-state index is 13.9. The van der Waals surface area contributed by atoms with Gasteiger partial charge in [0.2, 0.25) is 11.8 Å². The number of rotatable bonds is 4. The summed E-state index contributed by atoms with van der Waals surface area (Å²) >= 11 is 0. The highest BCUT2D eigenvalue weighted by atomic mass is 16.2. The van der Waals surface area contributed by atoms with Crippen LogP contribution < -0.4 is 10.2 Å². The van der Waals surface area contributed by atoms with Gasteiger partial charge in [-0.25, -0.2) is 0 Å². The number of para-hydroxylation sites is 1. The number of imide groups is 1. The summed E-state index contributed by atoms with van der Waals surface area (Å²) in [5.74, 6) is -2.00. The SMILES string of the molecule is C=C(C)CN1C(=O)[C@]2(N[C@H](C)[C@@H]3C(=O)N(Cc4ccccc4)C(=O)[C@H]32)c2ccccc21. The minimum atomic E-state index is -1.23. The maximum absolute atomic E-state index is 13.9. The minimum Gasteiger partial charge on any atom is -0.306 e. The number of carbonyl (C=O) groups excluding carboxylic acids is 3. The van der Waals surface area contributed by atoms with Crippen molar-refractivity contribution in [3.05, 3.63) is 77.9 Å². The molecule has 2 fully saturated rings. The van der Waals surface area contributed by atoms with E-state index >= 15 is 0 Å². The highest BCUT2D eigenvalue weighted by molar-refractivity contribution is 6.16. The van der Waals surface area contributed by atoms with E-state index in [1.54, 1.807) is 4.90 Å². The van der Waals surface area contributed by atoms with E-state index in [1.807, 2.05) is 68.4 Å². The van der Waals surface area contributed by atoms with Gasteiger partial charge in [0.25, 0.3) is 5.91 Å². The first-order valence-electron chi connectivity index (χ1n) is 10.6. The number of likely N-dealkylation sites (tertiary alicyclic amines) is 1. The quantitative estimate of drug-likeness (QED) is 0.616. The van der Waals surface area contributed by atoms with E-state index in [4.69, 9.17) is 0 Å². The maximum Gasteiger partial charge on any atom is 0.253 e. The topological polar surface area (TPSA) is 69.7 Å². The Kier molecular flexibility index (Phi) is 4.38. The number of fused-ring (bicyclic) bond motifs is 4. The van der Waals surface area contributed by atoms with E-state index in [2.05, 4.69) is 11.9 Å². The molecule has 3 heterocycles. The lowest BCUT2D eigenvalue weighted by Gasteiger charge is -2.30. The zero-order valence-electron chi connectivity index (χ0n) is 17.7. The molecule has 4 atom stereocenters. The van der Waals surface area contributed by atoms with Gasteiger partial charge in [-0.3, -0.25) is 24.6 Å². The Morgan fingerprint density at radius 3 is 2.39 bits per heavy atom. The Morgan fingerprint density at radius 1 is 1.00 bits per heavy atom. The molecule has 6 nitrogen and oxygen atoms in total. The van der Waals surface area contributed by atoms with Crippen LogP contribution in [0.25, 0.3) is 0 Å². The second kappa shape index (κ2) is 6.89. The molecule has 2 saturated heterocycles. The van der Waals surface area contributed by atoms with Gasteiger partial charge in [-0.05, 0) is 25.5 Å². The van der Waals surface area contributed by atoms with Gasteiger partial charge in [-0.2, -0.15) is 0 Å². The van der Waals surface area contributed by atoms with Crippen molar-refractivity contribution in [2.45, 2.75) is 32.0 Å². The highest BCUT2D eigenvalue weighted by Gasteiger charge is 2.70. The lowest BCUT2D eigenvalue weighted by atomic mass is 9.76. The van der Waals surface area contributed by atoms with Gasteiger partial charge >= 0.3 is 0 Å². The number of nitrogens with zero attached hydrogens (tertiary/aromatic N) is 2. The molecule has 3 aliphatic heterocycles. The average Bonchev–Trinajstić information content (AvgIpc) is 3.29. The summed E-state index contributed by atoms with van der Waals surface area (Å²) in [5.41, 5.74) is 2.05. The smallest absolute Gasteiger partial charge is 0.253 e. The second-order valence-corrected chi connectivity index (χ2v) is 8.86. The molecule has 0 unspecified atom stereocenters. The van der Waals surface area contributed by atoms with Crippen molar-refractivity contribution in [1.29, 1.82) is 0 Å². The lowest BCUT2D eigenvalue weighted by Crippen LogP contribution is -2.54. The molecular formula is C25H25N3O3. The molecule has 0 saturated carbocycles. The molecule has 3 amide bonds. The van der Waals surface area contributed by atoms with Crippen molar-refractivity contribution in [3.63, 3.8) is 0 Å². The van der Waals surface area contributed by atoms with Crippen LogP contribution in [0.1, 0.15) is 25.0 Å². The number of anilines is 1. The van der Waals surface area contributed by atoms with Crippen molar-refractivity contribution in [2.75, 3.05) is 11.4 Å². The summed E-state index contributed by atoms with van der Waals surface area (Å²) in [5, 5.41) is 3.40.